The molecule has 3 nitrogen and oxygen atoms in total. The Morgan fingerprint density at radius 2 is 1.52 bits per heavy atom. The minimum Gasteiger partial charge on any atom is -0.322 e. The molecule has 2 aliphatic rings. The third kappa shape index (κ3) is 4.41. The van der Waals surface area contributed by atoms with Crippen LogP contribution < -0.4 is 10.6 Å². The van der Waals surface area contributed by atoms with E-state index in [1.807, 2.05) is 54.6 Å². The lowest BCUT2D eigenvalue weighted by atomic mass is 10.0. The highest BCUT2D eigenvalue weighted by molar-refractivity contribution is 6.04. The normalized spacial score (nSPS) is 20.3. The van der Waals surface area contributed by atoms with Crippen LogP contribution in [-0.2, 0) is 0 Å². The Kier molecular flexibility index (Phi) is 4.91. The molecule has 0 aromatic heterocycles. The van der Waals surface area contributed by atoms with Crippen LogP contribution >= 0.6 is 0 Å². The van der Waals surface area contributed by atoms with Gasteiger partial charge in [-0.05, 0) is 72.7 Å². The molecule has 5 rings (SSSR count). The number of hydrogen-bond acceptors (Lipinski definition) is 2. The summed E-state index contributed by atoms with van der Waals surface area (Å²) in [6.45, 7) is 1.18. The Morgan fingerprint density at radius 3 is 2.21 bits per heavy atom. The van der Waals surface area contributed by atoms with Crippen molar-refractivity contribution in [2.75, 3.05) is 11.9 Å². The third-order valence-corrected chi connectivity index (χ3v) is 6.01. The Labute approximate surface area is 172 Å². The fourth-order valence-corrected chi connectivity index (χ4v) is 3.89. The summed E-state index contributed by atoms with van der Waals surface area (Å²) in [6, 6.07) is 26.9. The highest BCUT2D eigenvalue weighted by atomic mass is 16.1. The molecule has 0 bridgehead atoms. The van der Waals surface area contributed by atoms with Crippen molar-refractivity contribution in [1.29, 1.82) is 0 Å². The van der Waals surface area contributed by atoms with Gasteiger partial charge in [0.25, 0.3) is 5.91 Å². The molecular weight excluding hydrogens is 356 g/mol. The molecule has 2 atom stereocenters. The molecule has 0 spiro atoms. The van der Waals surface area contributed by atoms with Crippen molar-refractivity contribution in [3.63, 3.8) is 0 Å². The zero-order chi connectivity index (χ0) is 19.6. The lowest BCUT2D eigenvalue weighted by Gasteiger charge is -2.08. The SMILES string of the molecule is O=C(Nc1ccc(C2CC2NCC2CC2)cc1)c1ccc(-c2ccccc2)cc1. The second kappa shape index (κ2) is 7.84. The standard InChI is InChI=1S/C26H26N2O/c29-26(22-10-8-20(9-11-22)19-4-2-1-3-5-19)28-23-14-12-21(13-15-23)24-16-25(24)27-17-18-6-7-18/h1-5,8-15,18,24-25,27H,6-7,16-17H2,(H,28,29). The van der Waals surface area contributed by atoms with Crippen molar-refractivity contribution >= 4 is 11.6 Å². The van der Waals surface area contributed by atoms with Gasteiger partial charge in [0.15, 0.2) is 0 Å². The van der Waals surface area contributed by atoms with E-state index >= 15 is 0 Å². The van der Waals surface area contributed by atoms with Gasteiger partial charge in [-0.25, -0.2) is 0 Å². The second-order valence-corrected chi connectivity index (χ2v) is 8.32. The van der Waals surface area contributed by atoms with Crippen molar-refractivity contribution in [2.24, 2.45) is 5.92 Å². The second-order valence-electron chi connectivity index (χ2n) is 8.32. The van der Waals surface area contributed by atoms with Crippen LogP contribution in [0.5, 0.6) is 0 Å². The summed E-state index contributed by atoms with van der Waals surface area (Å²) >= 11 is 0. The van der Waals surface area contributed by atoms with E-state index in [2.05, 4.69) is 34.9 Å². The lowest BCUT2D eigenvalue weighted by molar-refractivity contribution is 0.102. The van der Waals surface area contributed by atoms with E-state index < -0.39 is 0 Å². The van der Waals surface area contributed by atoms with E-state index in [0.717, 1.165) is 22.7 Å². The highest BCUT2D eigenvalue weighted by Crippen LogP contribution is 2.41. The van der Waals surface area contributed by atoms with Gasteiger partial charge in [0, 0.05) is 23.2 Å². The van der Waals surface area contributed by atoms with Crippen molar-refractivity contribution in [3.05, 3.63) is 90.0 Å². The van der Waals surface area contributed by atoms with E-state index in [1.54, 1.807) is 0 Å². The topological polar surface area (TPSA) is 41.1 Å². The summed E-state index contributed by atoms with van der Waals surface area (Å²) in [4.78, 5) is 12.6. The van der Waals surface area contributed by atoms with E-state index in [4.69, 9.17) is 0 Å². The van der Waals surface area contributed by atoms with Gasteiger partial charge in [-0.3, -0.25) is 4.79 Å². The van der Waals surface area contributed by atoms with Crippen LogP contribution in [0.1, 0.15) is 41.1 Å². The fraction of sp³-hybridized carbons (Fsp3) is 0.269. The Hall–Kier alpha value is -2.91. The molecule has 1 amide bonds. The number of anilines is 1. The average Bonchev–Trinajstić information content (AvgIpc) is 3.69. The molecular formula is C26H26N2O. The first kappa shape index (κ1) is 18.1. The molecule has 0 aliphatic heterocycles. The monoisotopic (exact) mass is 382 g/mol. The summed E-state index contributed by atoms with van der Waals surface area (Å²) in [5.74, 6) is 1.48. The zero-order valence-corrected chi connectivity index (χ0v) is 16.5. The molecule has 0 heterocycles. The van der Waals surface area contributed by atoms with E-state index in [9.17, 15) is 4.79 Å². The number of carbonyl (C=O) groups excluding carboxylic acids is 1. The first-order chi connectivity index (χ1) is 14.3. The van der Waals surface area contributed by atoms with Crippen LogP contribution in [0.15, 0.2) is 78.9 Å². The van der Waals surface area contributed by atoms with Crippen LogP contribution in [0.3, 0.4) is 0 Å². The summed E-state index contributed by atoms with van der Waals surface area (Å²) in [6.07, 6.45) is 4.02. The first-order valence-corrected chi connectivity index (χ1v) is 10.6. The smallest absolute Gasteiger partial charge is 0.255 e. The van der Waals surface area contributed by atoms with Crippen LogP contribution in [0, 0.1) is 5.92 Å². The molecule has 2 saturated carbocycles. The van der Waals surface area contributed by atoms with E-state index in [0.29, 0.717) is 17.5 Å². The molecule has 3 aromatic carbocycles. The number of hydrogen-bond donors (Lipinski definition) is 2. The quantitative estimate of drug-likeness (QED) is 0.569. The van der Waals surface area contributed by atoms with Gasteiger partial charge in [0.2, 0.25) is 0 Å². The zero-order valence-electron chi connectivity index (χ0n) is 16.5. The van der Waals surface area contributed by atoms with Crippen molar-refractivity contribution in [2.45, 2.75) is 31.2 Å². The maximum atomic E-state index is 12.6. The van der Waals surface area contributed by atoms with Crippen LogP contribution in [0.2, 0.25) is 0 Å². The van der Waals surface area contributed by atoms with Crippen LogP contribution in [-0.4, -0.2) is 18.5 Å². The molecule has 2 unspecified atom stereocenters. The predicted molar refractivity (Wildman–Crippen MR) is 118 cm³/mol. The molecule has 2 aliphatic carbocycles. The first-order valence-electron chi connectivity index (χ1n) is 10.6. The minimum absolute atomic E-state index is 0.0761. The lowest BCUT2D eigenvalue weighted by Crippen LogP contribution is -2.20. The summed E-state index contributed by atoms with van der Waals surface area (Å²) < 4.78 is 0. The van der Waals surface area contributed by atoms with Gasteiger partial charge in [0.05, 0.1) is 0 Å². The Bertz CT molecular complexity index is 975. The number of nitrogens with one attached hydrogen (secondary N) is 2. The maximum absolute atomic E-state index is 12.6. The van der Waals surface area contributed by atoms with Crippen molar-refractivity contribution in [1.82, 2.24) is 5.32 Å². The fourth-order valence-electron chi connectivity index (χ4n) is 3.89. The average molecular weight is 383 g/mol. The molecule has 3 heteroatoms. The molecule has 29 heavy (non-hydrogen) atoms. The molecule has 2 fully saturated rings. The van der Waals surface area contributed by atoms with E-state index in [1.165, 1.54) is 31.4 Å². The summed E-state index contributed by atoms with van der Waals surface area (Å²) in [5.41, 5.74) is 5.14. The van der Waals surface area contributed by atoms with E-state index in [-0.39, 0.29) is 5.91 Å². The largest absolute Gasteiger partial charge is 0.322 e. The van der Waals surface area contributed by atoms with Gasteiger partial charge in [-0.15, -0.1) is 0 Å². The predicted octanol–water partition coefficient (Wildman–Crippen LogP) is 5.46. The number of amides is 1. The molecule has 146 valence electrons. The third-order valence-electron chi connectivity index (χ3n) is 6.01. The van der Waals surface area contributed by atoms with Crippen molar-refractivity contribution in [3.8, 4) is 11.1 Å². The Balaban J connectivity index is 1.17. The van der Waals surface area contributed by atoms with Gasteiger partial charge < -0.3 is 10.6 Å². The summed E-state index contributed by atoms with van der Waals surface area (Å²) in [5, 5.41) is 6.69. The maximum Gasteiger partial charge on any atom is 0.255 e. The molecule has 0 saturated heterocycles. The Morgan fingerprint density at radius 1 is 0.828 bits per heavy atom. The van der Waals surface area contributed by atoms with Crippen LogP contribution in [0.4, 0.5) is 5.69 Å². The molecule has 3 aromatic rings. The van der Waals surface area contributed by atoms with Gasteiger partial charge in [0.1, 0.15) is 0 Å². The van der Waals surface area contributed by atoms with Gasteiger partial charge >= 0.3 is 0 Å². The van der Waals surface area contributed by atoms with Crippen LogP contribution in [0.25, 0.3) is 11.1 Å². The minimum atomic E-state index is -0.0761. The van der Waals surface area contributed by atoms with Gasteiger partial charge in [-0.2, -0.15) is 0 Å². The van der Waals surface area contributed by atoms with Crippen molar-refractivity contribution < 1.29 is 4.79 Å². The number of carbonyl (C=O) groups is 1. The molecule has 0 radical (unpaired) electrons. The summed E-state index contributed by atoms with van der Waals surface area (Å²) in [7, 11) is 0. The van der Waals surface area contributed by atoms with Gasteiger partial charge in [-0.1, -0.05) is 54.6 Å². The number of benzene rings is 3. The molecule has 2 N–H and O–H groups in total. The highest BCUT2D eigenvalue weighted by Gasteiger charge is 2.38. The number of rotatable bonds is 7.